The van der Waals surface area contributed by atoms with Crippen LogP contribution in [-0.4, -0.2) is 25.2 Å². The first-order chi connectivity index (χ1) is 12.3. The predicted molar refractivity (Wildman–Crippen MR) is 103 cm³/mol. The molecule has 0 spiro atoms. The van der Waals surface area contributed by atoms with Gasteiger partial charge in [-0.1, -0.05) is 35.9 Å². The quantitative estimate of drug-likeness (QED) is 0.888. The second-order valence-corrected chi connectivity index (χ2v) is 8.73. The van der Waals surface area contributed by atoms with Crippen molar-refractivity contribution in [2.45, 2.75) is 44.6 Å². The molecule has 0 radical (unpaired) electrons. The minimum atomic E-state index is -3.73. The molecule has 2 aromatic rings. The van der Waals surface area contributed by atoms with Gasteiger partial charge in [-0.2, -0.15) is 4.31 Å². The Morgan fingerprint density at radius 2 is 1.85 bits per heavy atom. The zero-order valence-electron chi connectivity index (χ0n) is 15.3. The lowest BCUT2D eigenvalue weighted by molar-refractivity contribution is -0.114. The monoisotopic (exact) mass is 372 g/mol. The van der Waals surface area contributed by atoms with Crippen molar-refractivity contribution in [3.8, 4) is 0 Å². The Kier molecular flexibility index (Phi) is 5.16. The molecule has 26 heavy (non-hydrogen) atoms. The average molecular weight is 372 g/mol. The summed E-state index contributed by atoms with van der Waals surface area (Å²) in [7, 11) is -3.73. The van der Waals surface area contributed by atoms with Crippen molar-refractivity contribution >= 4 is 21.6 Å². The maximum Gasteiger partial charge on any atom is 0.245 e. The SMILES string of the molecule is CC(=O)Nc1ccc(C)cc1S(=O)(=O)N1CCC[C@H]1c1cccc(C)c1. The molecule has 3 rings (SSSR count). The van der Waals surface area contributed by atoms with E-state index in [0.29, 0.717) is 12.2 Å². The Balaban J connectivity index is 2.05. The van der Waals surface area contributed by atoms with Gasteiger partial charge >= 0.3 is 0 Å². The molecular weight excluding hydrogens is 348 g/mol. The van der Waals surface area contributed by atoms with Crippen LogP contribution in [0, 0.1) is 13.8 Å². The van der Waals surface area contributed by atoms with Gasteiger partial charge in [-0.3, -0.25) is 4.79 Å². The lowest BCUT2D eigenvalue weighted by atomic mass is 10.0. The summed E-state index contributed by atoms with van der Waals surface area (Å²) in [4.78, 5) is 11.7. The summed E-state index contributed by atoms with van der Waals surface area (Å²) in [5, 5.41) is 2.65. The van der Waals surface area contributed by atoms with Crippen LogP contribution in [0.25, 0.3) is 0 Å². The fourth-order valence-corrected chi connectivity index (χ4v) is 5.42. The Morgan fingerprint density at radius 1 is 1.12 bits per heavy atom. The van der Waals surface area contributed by atoms with Crippen LogP contribution in [0.2, 0.25) is 0 Å². The summed E-state index contributed by atoms with van der Waals surface area (Å²) >= 11 is 0. The number of anilines is 1. The third-order valence-electron chi connectivity index (χ3n) is 4.67. The van der Waals surface area contributed by atoms with Gasteiger partial charge in [-0.05, 0) is 49.9 Å². The second-order valence-electron chi connectivity index (χ2n) is 6.87. The number of sulfonamides is 1. The van der Waals surface area contributed by atoms with Gasteiger partial charge in [0, 0.05) is 13.5 Å². The van der Waals surface area contributed by atoms with E-state index < -0.39 is 10.0 Å². The Labute approximate surface area is 155 Å². The highest BCUT2D eigenvalue weighted by Gasteiger charge is 2.37. The Bertz CT molecular complexity index is 938. The number of carbonyl (C=O) groups excluding carboxylic acids is 1. The van der Waals surface area contributed by atoms with Gasteiger partial charge in [0.05, 0.1) is 11.7 Å². The van der Waals surface area contributed by atoms with Crippen LogP contribution in [0.5, 0.6) is 0 Å². The standard InChI is InChI=1S/C20H24N2O3S/c1-14-6-4-7-17(12-14)19-8-5-11-22(19)26(24,25)20-13-15(2)9-10-18(20)21-16(3)23/h4,6-7,9-10,12-13,19H,5,8,11H2,1-3H3,(H,21,23)/t19-/m0/s1. The molecule has 0 saturated carbocycles. The van der Waals surface area contributed by atoms with E-state index in [9.17, 15) is 13.2 Å². The first-order valence-electron chi connectivity index (χ1n) is 8.75. The van der Waals surface area contributed by atoms with E-state index in [1.807, 2.05) is 38.1 Å². The van der Waals surface area contributed by atoms with Gasteiger partial charge in [-0.15, -0.1) is 0 Å². The summed E-state index contributed by atoms with van der Waals surface area (Å²) < 4.78 is 28.4. The number of amides is 1. The first kappa shape index (κ1) is 18.6. The third kappa shape index (κ3) is 3.66. The van der Waals surface area contributed by atoms with E-state index in [-0.39, 0.29) is 16.8 Å². The van der Waals surface area contributed by atoms with Crippen LogP contribution < -0.4 is 5.32 Å². The lowest BCUT2D eigenvalue weighted by Gasteiger charge is -2.26. The number of nitrogens with zero attached hydrogens (tertiary/aromatic N) is 1. The largest absolute Gasteiger partial charge is 0.325 e. The van der Waals surface area contributed by atoms with Gasteiger partial charge in [-0.25, -0.2) is 8.42 Å². The zero-order valence-corrected chi connectivity index (χ0v) is 16.1. The molecule has 1 aliphatic heterocycles. The van der Waals surface area contributed by atoms with E-state index in [0.717, 1.165) is 29.5 Å². The van der Waals surface area contributed by atoms with Crippen molar-refractivity contribution in [3.63, 3.8) is 0 Å². The molecule has 6 heteroatoms. The summed E-state index contributed by atoms with van der Waals surface area (Å²) in [6, 6.07) is 12.9. The summed E-state index contributed by atoms with van der Waals surface area (Å²) in [5.74, 6) is -0.290. The van der Waals surface area contributed by atoms with Crippen molar-refractivity contribution in [2.24, 2.45) is 0 Å². The van der Waals surface area contributed by atoms with Crippen molar-refractivity contribution < 1.29 is 13.2 Å². The number of nitrogens with one attached hydrogen (secondary N) is 1. The minimum Gasteiger partial charge on any atom is -0.325 e. The molecule has 0 bridgehead atoms. The van der Waals surface area contributed by atoms with Gasteiger partial charge in [0.15, 0.2) is 0 Å². The molecule has 0 aromatic heterocycles. The smallest absolute Gasteiger partial charge is 0.245 e. The van der Waals surface area contributed by atoms with Gasteiger partial charge in [0.2, 0.25) is 15.9 Å². The molecule has 0 unspecified atom stereocenters. The molecule has 1 N–H and O–H groups in total. The molecule has 1 heterocycles. The topological polar surface area (TPSA) is 66.5 Å². The van der Waals surface area contributed by atoms with Crippen LogP contribution >= 0.6 is 0 Å². The summed E-state index contributed by atoms with van der Waals surface area (Å²) in [6.07, 6.45) is 1.61. The second kappa shape index (κ2) is 7.21. The number of hydrogen-bond acceptors (Lipinski definition) is 3. The number of rotatable bonds is 4. The lowest BCUT2D eigenvalue weighted by Crippen LogP contribution is -2.31. The zero-order chi connectivity index (χ0) is 18.9. The van der Waals surface area contributed by atoms with Crippen molar-refractivity contribution in [1.82, 2.24) is 4.31 Å². The fraction of sp³-hybridized carbons (Fsp3) is 0.350. The minimum absolute atomic E-state index is 0.159. The molecule has 0 aliphatic carbocycles. The highest BCUT2D eigenvalue weighted by atomic mass is 32.2. The predicted octanol–water partition coefficient (Wildman–Crippen LogP) is 3.79. The number of aryl methyl sites for hydroxylation is 2. The molecular formula is C20H24N2O3S. The van der Waals surface area contributed by atoms with Crippen LogP contribution in [-0.2, 0) is 14.8 Å². The summed E-state index contributed by atoms with van der Waals surface area (Å²) in [6.45, 7) is 5.71. The van der Waals surface area contributed by atoms with Crippen LogP contribution in [0.3, 0.4) is 0 Å². The molecule has 1 atom stereocenters. The molecule has 1 saturated heterocycles. The number of benzene rings is 2. The van der Waals surface area contributed by atoms with Crippen LogP contribution in [0.15, 0.2) is 47.4 Å². The van der Waals surface area contributed by atoms with Crippen molar-refractivity contribution in [2.75, 3.05) is 11.9 Å². The molecule has 1 fully saturated rings. The van der Waals surface area contributed by atoms with E-state index in [2.05, 4.69) is 5.32 Å². The van der Waals surface area contributed by atoms with E-state index >= 15 is 0 Å². The van der Waals surface area contributed by atoms with Crippen LogP contribution in [0.4, 0.5) is 5.69 Å². The van der Waals surface area contributed by atoms with Gasteiger partial charge in [0.25, 0.3) is 0 Å². The Morgan fingerprint density at radius 3 is 2.54 bits per heavy atom. The maximum atomic E-state index is 13.4. The number of hydrogen-bond donors (Lipinski definition) is 1. The molecule has 1 amide bonds. The van der Waals surface area contributed by atoms with Crippen LogP contribution in [0.1, 0.15) is 42.5 Å². The highest BCUT2D eigenvalue weighted by Crippen LogP contribution is 2.38. The average Bonchev–Trinajstić information content (AvgIpc) is 3.06. The third-order valence-corrected chi connectivity index (χ3v) is 6.61. The Hall–Kier alpha value is -2.18. The molecule has 1 aliphatic rings. The van der Waals surface area contributed by atoms with Gasteiger partial charge < -0.3 is 5.32 Å². The first-order valence-corrected chi connectivity index (χ1v) is 10.2. The summed E-state index contributed by atoms with van der Waals surface area (Å²) in [5.41, 5.74) is 3.29. The maximum absolute atomic E-state index is 13.4. The van der Waals surface area contributed by atoms with E-state index in [1.54, 1.807) is 22.5 Å². The van der Waals surface area contributed by atoms with Crippen molar-refractivity contribution in [3.05, 3.63) is 59.2 Å². The van der Waals surface area contributed by atoms with Gasteiger partial charge in [0.1, 0.15) is 4.90 Å². The van der Waals surface area contributed by atoms with E-state index in [1.165, 1.54) is 6.92 Å². The molecule has 138 valence electrons. The normalized spacial score (nSPS) is 18.0. The molecule has 5 nitrogen and oxygen atoms in total. The number of carbonyl (C=O) groups is 1. The fourth-order valence-electron chi connectivity index (χ4n) is 3.50. The highest BCUT2D eigenvalue weighted by molar-refractivity contribution is 7.89. The molecule has 2 aromatic carbocycles. The van der Waals surface area contributed by atoms with E-state index in [4.69, 9.17) is 0 Å². The van der Waals surface area contributed by atoms with Crippen molar-refractivity contribution in [1.29, 1.82) is 0 Å².